The summed E-state index contributed by atoms with van der Waals surface area (Å²) < 4.78 is 31.6. The Labute approximate surface area is 127 Å². The summed E-state index contributed by atoms with van der Waals surface area (Å²) in [6.45, 7) is 0. The standard InChI is InChI=1S/K.Mg.H2O4S.4H2O.3H/c;;1-5(2,3)4;;;;;;;/h;;(H2,1,2,3,4);4*1H2;;;/q+1;+2;;;;;;3*-1. The van der Waals surface area contributed by atoms with Gasteiger partial charge in [-0.3, -0.25) is 9.11 Å². The summed E-state index contributed by atoms with van der Waals surface area (Å²) in [5.41, 5.74) is 0. The second-order valence-corrected chi connectivity index (χ2v) is 1.34. The van der Waals surface area contributed by atoms with E-state index in [4.69, 9.17) is 17.5 Å². The van der Waals surface area contributed by atoms with E-state index in [0.717, 1.165) is 0 Å². The maximum Gasteiger partial charge on any atom is 2.00 e. The van der Waals surface area contributed by atoms with E-state index >= 15 is 0 Å². The first-order valence-electron chi connectivity index (χ1n) is 0.698. The molecule has 70 valence electrons. The minimum absolute atomic E-state index is 0. The first kappa shape index (κ1) is 51.5. The summed E-state index contributed by atoms with van der Waals surface area (Å²) in [7, 11) is -4.67. The number of hydrogen-bond acceptors (Lipinski definition) is 2. The van der Waals surface area contributed by atoms with Crippen molar-refractivity contribution in [1.29, 1.82) is 0 Å². The second-order valence-electron chi connectivity index (χ2n) is 0.448. The van der Waals surface area contributed by atoms with Gasteiger partial charge < -0.3 is 26.2 Å². The molecule has 11 heavy (non-hydrogen) atoms. The predicted molar refractivity (Wildman–Crippen MR) is 37.7 cm³/mol. The minimum atomic E-state index is -4.67. The smallest absolute Gasteiger partial charge is 1.00 e. The van der Waals surface area contributed by atoms with Crippen molar-refractivity contribution in [2.45, 2.75) is 0 Å². The normalized spacial score (nSPS) is 5.27. The Balaban J connectivity index is -0.00000000222. The Morgan fingerprint density at radius 1 is 0.909 bits per heavy atom. The van der Waals surface area contributed by atoms with Gasteiger partial charge >= 0.3 is 84.8 Å². The zero-order chi connectivity index (χ0) is 4.50. The molecule has 0 aromatic rings. The van der Waals surface area contributed by atoms with E-state index in [1.165, 1.54) is 0 Å². The van der Waals surface area contributed by atoms with Crippen LogP contribution >= 0.6 is 0 Å². The first-order valence-corrected chi connectivity index (χ1v) is 2.10. The fraction of sp³-hybridized carbons (Fsp3) is 0. The van der Waals surface area contributed by atoms with Crippen molar-refractivity contribution < 1.29 is 95.1 Å². The number of rotatable bonds is 0. The van der Waals surface area contributed by atoms with E-state index in [1.54, 1.807) is 0 Å². The molecule has 0 unspecified atom stereocenters. The van der Waals surface area contributed by atoms with Gasteiger partial charge in [0, 0.05) is 0 Å². The molecular weight excluding hydrogens is 223 g/mol. The van der Waals surface area contributed by atoms with Crippen LogP contribution in [0.2, 0.25) is 0 Å². The van der Waals surface area contributed by atoms with Gasteiger partial charge in [0.25, 0.3) is 0 Å². The molecule has 0 amide bonds. The van der Waals surface area contributed by atoms with E-state index in [9.17, 15) is 0 Å². The molecule has 0 heterocycles. The van der Waals surface area contributed by atoms with Gasteiger partial charge in [0.1, 0.15) is 0 Å². The Kier molecular flexibility index (Phi) is 106. The van der Waals surface area contributed by atoms with Crippen LogP contribution in [0.4, 0.5) is 0 Å². The molecule has 0 saturated carbocycles. The Morgan fingerprint density at radius 3 is 0.909 bits per heavy atom. The Hall–Kier alpha value is 2.11. The molecule has 0 spiro atoms. The van der Waals surface area contributed by atoms with Crippen molar-refractivity contribution in [3.05, 3.63) is 0 Å². The predicted octanol–water partition coefficient (Wildman–Crippen LogP) is -6.99. The van der Waals surface area contributed by atoms with Crippen LogP contribution in [0.3, 0.4) is 0 Å². The molecule has 11 heteroatoms. The van der Waals surface area contributed by atoms with Crippen molar-refractivity contribution >= 4 is 33.5 Å². The van der Waals surface area contributed by atoms with Crippen molar-refractivity contribution in [2.24, 2.45) is 0 Å². The van der Waals surface area contributed by atoms with Gasteiger partial charge in [0.2, 0.25) is 0 Å². The summed E-state index contributed by atoms with van der Waals surface area (Å²) in [6, 6.07) is 0. The van der Waals surface area contributed by atoms with Crippen LogP contribution in [0.5, 0.6) is 0 Å². The molecule has 0 bridgehead atoms. The van der Waals surface area contributed by atoms with Crippen LogP contribution in [-0.2, 0) is 10.4 Å². The fourth-order valence-corrected chi connectivity index (χ4v) is 0. The quantitative estimate of drug-likeness (QED) is 0.311. The van der Waals surface area contributed by atoms with Gasteiger partial charge in [0.05, 0.1) is 0 Å². The van der Waals surface area contributed by atoms with Crippen molar-refractivity contribution in [2.75, 3.05) is 0 Å². The topological polar surface area (TPSA) is 201 Å². The summed E-state index contributed by atoms with van der Waals surface area (Å²) in [6.07, 6.45) is 0. The minimum Gasteiger partial charge on any atom is -1.00 e. The first-order chi connectivity index (χ1) is 2.00. The van der Waals surface area contributed by atoms with Crippen LogP contribution < -0.4 is 51.4 Å². The molecule has 0 rings (SSSR count). The molecule has 0 aromatic heterocycles. The van der Waals surface area contributed by atoms with E-state index in [2.05, 4.69) is 0 Å². The SMILES string of the molecule is O.O.O.O.O=S(=O)(O)O.[H-].[H-].[H-].[K+].[Mg+2]. The third-order valence-corrected chi connectivity index (χ3v) is 0. The summed E-state index contributed by atoms with van der Waals surface area (Å²) in [5.74, 6) is 0. The Bertz CT molecular complexity index is 108. The molecule has 0 aliphatic carbocycles. The fourth-order valence-electron chi connectivity index (χ4n) is 0. The van der Waals surface area contributed by atoms with Crippen LogP contribution in [0.1, 0.15) is 4.28 Å². The molecule has 0 atom stereocenters. The molecule has 0 aliphatic heterocycles. The van der Waals surface area contributed by atoms with E-state index in [0.29, 0.717) is 0 Å². The van der Waals surface area contributed by atoms with Crippen molar-refractivity contribution in [1.82, 2.24) is 0 Å². The van der Waals surface area contributed by atoms with Crippen LogP contribution in [0, 0.1) is 0 Å². The summed E-state index contributed by atoms with van der Waals surface area (Å²) >= 11 is 0. The van der Waals surface area contributed by atoms with E-state index in [-0.39, 0.29) is 101 Å². The van der Waals surface area contributed by atoms with Gasteiger partial charge in [-0.05, 0) is 0 Å². The Morgan fingerprint density at radius 2 is 0.909 bits per heavy atom. The molecule has 0 radical (unpaired) electrons. The monoisotopic (exact) mass is 236 g/mol. The van der Waals surface area contributed by atoms with Gasteiger partial charge in [0.15, 0.2) is 0 Å². The molecule has 0 aromatic carbocycles. The molecule has 8 nitrogen and oxygen atoms in total. The third-order valence-electron chi connectivity index (χ3n) is 0. The summed E-state index contributed by atoms with van der Waals surface area (Å²) in [5, 5.41) is 0. The van der Waals surface area contributed by atoms with Crippen molar-refractivity contribution in [3.63, 3.8) is 0 Å². The van der Waals surface area contributed by atoms with Crippen LogP contribution in [0.15, 0.2) is 0 Å². The van der Waals surface area contributed by atoms with Gasteiger partial charge in [-0.25, -0.2) is 0 Å². The molecular formula is H13KMgO8S. The third kappa shape index (κ3) is 278. The number of hydrogen-bond donors (Lipinski definition) is 2. The van der Waals surface area contributed by atoms with E-state index < -0.39 is 10.4 Å². The zero-order valence-corrected chi connectivity index (χ0v) is 11.2. The van der Waals surface area contributed by atoms with E-state index in [1.807, 2.05) is 0 Å². The maximum absolute atomic E-state index is 8.74. The molecule has 0 aliphatic rings. The van der Waals surface area contributed by atoms with Crippen molar-refractivity contribution in [3.8, 4) is 0 Å². The summed E-state index contributed by atoms with van der Waals surface area (Å²) in [4.78, 5) is 0. The van der Waals surface area contributed by atoms with Gasteiger partial charge in [-0.15, -0.1) is 0 Å². The van der Waals surface area contributed by atoms with Gasteiger partial charge in [-0.2, -0.15) is 8.42 Å². The molecule has 0 saturated heterocycles. The van der Waals surface area contributed by atoms with Crippen LogP contribution in [0.25, 0.3) is 0 Å². The average molecular weight is 237 g/mol. The van der Waals surface area contributed by atoms with Gasteiger partial charge in [-0.1, -0.05) is 0 Å². The average Bonchev–Trinajstić information content (AvgIpc) is 0.722. The van der Waals surface area contributed by atoms with Crippen LogP contribution in [-0.4, -0.2) is 62.5 Å². The zero-order valence-electron chi connectivity index (χ0n) is 8.83. The second kappa shape index (κ2) is 22.7. The molecule has 0 fully saturated rings. The maximum atomic E-state index is 8.74. The largest absolute Gasteiger partial charge is 2.00 e. The molecule has 10 N–H and O–H groups in total.